The van der Waals surface area contributed by atoms with Crippen molar-refractivity contribution in [2.75, 3.05) is 18.0 Å². The molecule has 2 heterocycles. The zero-order chi connectivity index (χ0) is 13.3. The fraction of sp³-hybridized carbons (Fsp3) is 0.538. The Bertz CT molecular complexity index is 457. The first kappa shape index (κ1) is 12.8. The van der Waals surface area contributed by atoms with Crippen molar-refractivity contribution in [2.45, 2.75) is 32.4 Å². The van der Waals surface area contributed by atoms with Gasteiger partial charge in [-0.3, -0.25) is 4.79 Å². The fourth-order valence-corrected chi connectivity index (χ4v) is 2.23. The summed E-state index contributed by atoms with van der Waals surface area (Å²) in [5.74, 6) is 0.670. The molecule has 0 radical (unpaired) electrons. The van der Waals surface area contributed by atoms with Crippen LogP contribution in [0.5, 0.6) is 0 Å². The van der Waals surface area contributed by atoms with Crippen LogP contribution in [0.2, 0.25) is 0 Å². The van der Waals surface area contributed by atoms with E-state index in [9.17, 15) is 9.90 Å². The molecule has 98 valence electrons. The zero-order valence-corrected chi connectivity index (χ0v) is 11.0. The lowest BCUT2D eigenvalue weighted by Gasteiger charge is -2.42. The number of aromatic nitrogens is 1. The van der Waals surface area contributed by atoms with Gasteiger partial charge in [0.15, 0.2) is 0 Å². The van der Waals surface area contributed by atoms with Crippen molar-refractivity contribution in [3.05, 3.63) is 23.9 Å². The van der Waals surface area contributed by atoms with Crippen molar-refractivity contribution in [1.29, 1.82) is 0 Å². The average molecular weight is 249 g/mol. The summed E-state index contributed by atoms with van der Waals surface area (Å²) in [7, 11) is 0. The third-order valence-corrected chi connectivity index (χ3v) is 3.37. The molecule has 1 amide bonds. The number of carbonyl (C=O) groups is 1. The number of pyridine rings is 1. The topological polar surface area (TPSA) is 65.5 Å². The largest absolute Gasteiger partial charge is 0.389 e. The normalized spacial score (nSPS) is 20.4. The van der Waals surface area contributed by atoms with Gasteiger partial charge in [0.2, 0.25) is 5.91 Å². The molecular formula is C13H19N3O2. The minimum Gasteiger partial charge on any atom is -0.389 e. The molecule has 2 rings (SSSR count). The van der Waals surface area contributed by atoms with E-state index in [1.807, 2.05) is 24.8 Å². The van der Waals surface area contributed by atoms with Crippen LogP contribution in [0.15, 0.2) is 18.3 Å². The zero-order valence-electron chi connectivity index (χ0n) is 11.0. The highest BCUT2D eigenvalue weighted by atomic mass is 16.3. The summed E-state index contributed by atoms with van der Waals surface area (Å²) in [6.07, 6.45) is 1.08. The van der Waals surface area contributed by atoms with Gasteiger partial charge in [-0.2, -0.15) is 0 Å². The molecular weight excluding hydrogens is 230 g/mol. The highest BCUT2D eigenvalue weighted by molar-refractivity contribution is 5.90. The third kappa shape index (κ3) is 2.06. The van der Waals surface area contributed by atoms with Crippen molar-refractivity contribution in [3.63, 3.8) is 0 Å². The molecule has 1 aromatic heterocycles. The summed E-state index contributed by atoms with van der Waals surface area (Å²) in [5, 5.41) is 12.7. The molecule has 1 aromatic rings. The lowest BCUT2D eigenvalue weighted by molar-refractivity contribution is -0.126. The molecule has 0 unspecified atom stereocenters. The van der Waals surface area contributed by atoms with E-state index in [4.69, 9.17) is 0 Å². The van der Waals surface area contributed by atoms with E-state index in [1.54, 1.807) is 19.2 Å². The van der Waals surface area contributed by atoms with Crippen LogP contribution in [0, 0.1) is 0 Å². The number of aliphatic hydroxyl groups excluding tert-OH is 1. The first-order valence-electron chi connectivity index (χ1n) is 6.13. The second-order valence-corrected chi connectivity index (χ2v) is 5.06. The number of hydrogen-bond acceptors (Lipinski definition) is 4. The Morgan fingerprint density at radius 2 is 2.28 bits per heavy atom. The standard InChI is InChI=1S/C13H19N3O2/c1-9(17)10-5-4-6-14-11(10)16-8-7-15-12(18)13(16,2)3/h4-6,9,17H,7-8H2,1-3H3,(H,15,18)/t9-/m1/s1. The first-order valence-corrected chi connectivity index (χ1v) is 6.13. The number of hydrogen-bond donors (Lipinski definition) is 2. The highest BCUT2D eigenvalue weighted by Gasteiger charge is 2.39. The second kappa shape index (κ2) is 4.57. The minimum absolute atomic E-state index is 0.0176. The van der Waals surface area contributed by atoms with Gasteiger partial charge in [0.05, 0.1) is 6.10 Å². The van der Waals surface area contributed by atoms with Crippen molar-refractivity contribution in [1.82, 2.24) is 10.3 Å². The van der Waals surface area contributed by atoms with Crippen LogP contribution < -0.4 is 10.2 Å². The number of carbonyl (C=O) groups excluding carboxylic acids is 1. The van der Waals surface area contributed by atoms with Gasteiger partial charge in [0.1, 0.15) is 11.4 Å². The predicted molar refractivity (Wildman–Crippen MR) is 69.3 cm³/mol. The summed E-state index contributed by atoms with van der Waals surface area (Å²) >= 11 is 0. The van der Waals surface area contributed by atoms with Crippen LogP contribution in [0.3, 0.4) is 0 Å². The molecule has 1 aliphatic heterocycles. The van der Waals surface area contributed by atoms with Crippen LogP contribution in [-0.4, -0.2) is 34.6 Å². The highest BCUT2D eigenvalue weighted by Crippen LogP contribution is 2.30. The van der Waals surface area contributed by atoms with Gasteiger partial charge in [-0.1, -0.05) is 6.07 Å². The van der Waals surface area contributed by atoms with Crippen molar-refractivity contribution < 1.29 is 9.90 Å². The third-order valence-electron chi connectivity index (χ3n) is 3.37. The number of nitrogens with one attached hydrogen (secondary N) is 1. The number of aliphatic hydroxyl groups is 1. The lowest BCUT2D eigenvalue weighted by atomic mass is 9.97. The Balaban J connectivity index is 2.45. The molecule has 5 heteroatoms. The first-order chi connectivity index (χ1) is 8.44. The number of amides is 1. The van der Waals surface area contributed by atoms with Gasteiger partial charge in [-0.15, -0.1) is 0 Å². The molecule has 0 aromatic carbocycles. The fourth-order valence-electron chi connectivity index (χ4n) is 2.23. The Labute approximate surface area is 107 Å². The summed E-state index contributed by atoms with van der Waals surface area (Å²) in [5.41, 5.74) is 0.0938. The smallest absolute Gasteiger partial charge is 0.245 e. The van der Waals surface area contributed by atoms with Crippen LogP contribution in [0.4, 0.5) is 5.82 Å². The van der Waals surface area contributed by atoms with Gasteiger partial charge in [-0.25, -0.2) is 4.98 Å². The van der Waals surface area contributed by atoms with Gasteiger partial charge in [-0.05, 0) is 26.8 Å². The van der Waals surface area contributed by atoms with Crippen LogP contribution in [-0.2, 0) is 4.79 Å². The minimum atomic E-state index is -0.657. The Kier molecular flexibility index (Phi) is 3.26. The van der Waals surface area contributed by atoms with Gasteiger partial charge in [0.25, 0.3) is 0 Å². The Morgan fingerprint density at radius 3 is 2.94 bits per heavy atom. The van der Waals surface area contributed by atoms with Gasteiger partial charge < -0.3 is 15.3 Å². The average Bonchev–Trinajstić information content (AvgIpc) is 2.32. The van der Waals surface area contributed by atoms with E-state index < -0.39 is 11.6 Å². The van der Waals surface area contributed by atoms with E-state index in [0.717, 1.165) is 5.56 Å². The molecule has 18 heavy (non-hydrogen) atoms. The molecule has 0 saturated carbocycles. The SMILES string of the molecule is C[C@@H](O)c1cccnc1N1CCNC(=O)C1(C)C. The van der Waals surface area contributed by atoms with Crippen molar-refractivity contribution in [3.8, 4) is 0 Å². The molecule has 1 atom stereocenters. The van der Waals surface area contributed by atoms with E-state index in [-0.39, 0.29) is 5.91 Å². The number of rotatable bonds is 2. The molecule has 1 saturated heterocycles. The number of nitrogens with zero attached hydrogens (tertiary/aromatic N) is 2. The maximum Gasteiger partial charge on any atom is 0.245 e. The van der Waals surface area contributed by atoms with Crippen LogP contribution >= 0.6 is 0 Å². The molecule has 2 N–H and O–H groups in total. The predicted octanol–water partition coefficient (Wildman–Crippen LogP) is 0.850. The number of piperazine rings is 1. The monoisotopic (exact) mass is 249 g/mol. The summed E-state index contributed by atoms with van der Waals surface area (Å²) in [6.45, 7) is 6.72. The molecule has 0 aliphatic carbocycles. The van der Waals surface area contributed by atoms with E-state index in [0.29, 0.717) is 18.9 Å². The van der Waals surface area contributed by atoms with Crippen molar-refractivity contribution in [2.24, 2.45) is 0 Å². The summed E-state index contributed by atoms with van der Waals surface area (Å²) < 4.78 is 0. The molecule has 5 nitrogen and oxygen atoms in total. The lowest BCUT2D eigenvalue weighted by Crippen LogP contribution is -2.62. The van der Waals surface area contributed by atoms with Crippen molar-refractivity contribution >= 4 is 11.7 Å². The van der Waals surface area contributed by atoms with E-state index >= 15 is 0 Å². The molecule has 0 bridgehead atoms. The van der Waals surface area contributed by atoms with Gasteiger partial charge >= 0.3 is 0 Å². The quantitative estimate of drug-likeness (QED) is 0.815. The maximum absolute atomic E-state index is 11.9. The molecule has 1 fully saturated rings. The van der Waals surface area contributed by atoms with Gasteiger partial charge in [0, 0.05) is 24.8 Å². The van der Waals surface area contributed by atoms with E-state index in [1.165, 1.54) is 0 Å². The van der Waals surface area contributed by atoms with E-state index in [2.05, 4.69) is 10.3 Å². The Morgan fingerprint density at radius 1 is 1.56 bits per heavy atom. The Hall–Kier alpha value is -1.62. The molecule has 1 aliphatic rings. The van der Waals surface area contributed by atoms with Crippen LogP contribution in [0.1, 0.15) is 32.4 Å². The second-order valence-electron chi connectivity index (χ2n) is 5.06. The number of anilines is 1. The summed E-state index contributed by atoms with van der Waals surface area (Å²) in [6, 6.07) is 3.64. The van der Waals surface area contributed by atoms with Crippen LogP contribution in [0.25, 0.3) is 0 Å². The summed E-state index contributed by atoms with van der Waals surface area (Å²) in [4.78, 5) is 18.2. The maximum atomic E-state index is 11.9. The molecule has 0 spiro atoms.